The van der Waals surface area contributed by atoms with E-state index < -0.39 is 0 Å². The molecule has 1 unspecified atom stereocenters. The van der Waals surface area contributed by atoms with Crippen LogP contribution in [-0.4, -0.2) is 13.2 Å². The largest absolute Gasteiger partial charge is 0.496 e. The molecule has 0 bridgehead atoms. The minimum atomic E-state index is 0.511. The van der Waals surface area contributed by atoms with Crippen molar-refractivity contribution >= 4 is 0 Å². The Kier molecular flexibility index (Phi) is 3.79. The molecule has 2 nitrogen and oxygen atoms in total. The highest BCUT2D eigenvalue weighted by Gasteiger charge is 2.27. The summed E-state index contributed by atoms with van der Waals surface area (Å²) in [5.41, 5.74) is 2.87. The van der Waals surface area contributed by atoms with Crippen LogP contribution in [0.5, 0.6) is 5.75 Å². The zero-order valence-electron chi connectivity index (χ0n) is 12.1. The Morgan fingerprint density at radius 2 is 2.05 bits per heavy atom. The standard InChI is InChI=1S/C17H25NO/c1-3-16(18-14-8-9-14)13-7-10-17(19-2)15(11-13)12-5-4-6-12/h7,10-12,14,16,18H,3-6,8-9H2,1-2H3. The van der Waals surface area contributed by atoms with Gasteiger partial charge in [0, 0.05) is 12.1 Å². The molecule has 1 atom stereocenters. The van der Waals surface area contributed by atoms with Crippen molar-refractivity contribution in [1.29, 1.82) is 0 Å². The lowest BCUT2D eigenvalue weighted by Gasteiger charge is -2.29. The third-order valence-electron chi connectivity index (χ3n) is 4.62. The first kappa shape index (κ1) is 13.0. The third-order valence-corrected chi connectivity index (χ3v) is 4.62. The van der Waals surface area contributed by atoms with E-state index in [1.54, 1.807) is 7.11 Å². The van der Waals surface area contributed by atoms with Crippen molar-refractivity contribution in [3.63, 3.8) is 0 Å². The Morgan fingerprint density at radius 3 is 2.58 bits per heavy atom. The van der Waals surface area contributed by atoms with Crippen LogP contribution in [0.3, 0.4) is 0 Å². The van der Waals surface area contributed by atoms with Crippen LogP contribution >= 0.6 is 0 Å². The van der Waals surface area contributed by atoms with Crippen molar-refractivity contribution in [3.8, 4) is 5.75 Å². The van der Waals surface area contributed by atoms with Crippen LogP contribution in [0, 0.1) is 0 Å². The van der Waals surface area contributed by atoms with Crippen LogP contribution in [0.1, 0.15) is 68.5 Å². The molecular formula is C17H25NO. The number of nitrogens with one attached hydrogen (secondary N) is 1. The van der Waals surface area contributed by atoms with Gasteiger partial charge in [-0.25, -0.2) is 0 Å². The van der Waals surface area contributed by atoms with Gasteiger partial charge >= 0.3 is 0 Å². The lowest BCUT2D eigenvalue weighted by molar-refractivity contribution is 0.372. The second kappa shape index (κ2) is 5.54. The van der Waals surface area contributed by atoms with Crippen LogP contribution in [0.2, 0.25) is 0 Å². The number of rotatable bonds is 6. The molecule has 0 spiro atoms. The molecule has 0 radical (unpaired) electrons. The van der Waals surface area contributed by atoms with Crippen LogP contribution in [0.25, 0.3) is 0 Å². The lowest BCUT2D eigenvalue weighted by atomic mass is 9.79. The van der Waals surface area contributed by atoms with Gasteiger partial charge in [0.1, 0.15) is 5.75 Å². The van der Waals surface area contributed by atoms with E-state index in [0.717, 1.165) is 24.1 Å². The number of hydrogen-bond donors (Lipinski definition) is 1. The topological polar surface area (TPSA) is 21.3 Å². The predicted octanol–water partition coefficient (Wildman–Crippen LogP) is 4.17. The molecule has 2 aliphatic rings. The van der Waals surface area contributed by atoms with Gasteiger partial charge in [-0.1, -0.05) is 25.5 Å². The molecule has 0 aromatic heterocycles. The normalized spacial score (nSPS) is 20.9. The Labute approximate surface area is 116 Å². The van der Waals surface area contributed by atoms with E-state index in [4.69, 9.17) is 4.74 Å². The average Bonchev–Trinajstić information content (AvgIpc) is 3.18. The van der Waals surface area contributed by atoms with E-state index in [-0.39, 0.29) is 0 Å². The molecule has 1 aromatic rings. The molecule has 0 saturated heterocycles. The van der Waals surface area contributed by atoms with Crippen molar-refractivity contribution in [2.75, 3.05) is 7.11 Å². The predicted molar refractivity (Wildman–Crippen MR) is 78.8 cm³/mol. The van der Waals surface area contributed by atoms with E-state index in [9.17, 15) is 0 Å². The van der Waals surface area contributed by atoms with Crippen molar-refractivity contribution in [1.82, 2.24) is 5.32 Å². The summed E-state index contributed by atoms with van der Waals surface area (Å²) in [6, 6.07) is 8.08. The maximum absolute atomic E-state index is 5.54. The molecule has 1 N–H and O–H groups in total. The van der Waals surface area contributed by atoms with Gasteiger partial charge in [-0.2, -0.15) is 0 Å². The first-order valence-electron chi connectivity index (χ1n) is 7.75. The van der Waals surface area contributed by atoms with Crippen LogP contribution in [0.15, 0.2) is 18.2 Å². The van der Waals surface area contributed by atoms with Gasteiger partial charge < -0.3 is 10.1 Å². The maximum atomic E-state index is 5.54. The van der Waals surface area contributed by atoms with Crippen LogP contribution < -0.4 is 10.1 Å². The highest BCUT2D eigenvalue weighted by atomic mass is 16.5. The number of methoxy groups -OCH3 is 1. The maximum Gasteiger partial charge on any atom is 0.122 e. The highest BCUT2D eigenvalue weighted by molar-refractivity contribution is 5.41. The lowest BCUT2D eigenvalue weighted by Crippen LogP contribution is -2.23. The first-order chi connectivity index (χ1) is 9.31. The summed E-state index contributed by atoms with van der Waals surface area (Å²) in [5.74, 6) is 1.81. The second-order valence-electron chi connectivity index (χ2n) is 6.03. The smallest absolute Gasteiger partial charge is 0.122 e. The van der Waals surface area contributed by atoms with Gasteiger partial charge in [-0.05, 0) is 55.2 Å². The quantitative estimate of drug-likeness (QED) is 0.828. The summed E-state index contributed by atoms with van der Waals surface area (Å²) in [6.07, 6.45) is 7.88. The minimum Gasteiger partial charge on any atom is -0.496 e. The molecule has 19 heavy (non-hydrogen) atoms. The zero-order valence-corrected chi connectivity index (χ0v) is 12.1. The molecule has 2 aliphatic carbocycles. The summed E-state index contributed by atoms with van der Waals surface area (Å²) in [6.45, 7) is 2.27. The third kappa shape index (κ3) is 2.79. The Morgan fingerprint density at radius 1 is 1.26 bits per heavy atom. The summed E-state index contributed by atoms with van der Waals surface area (Å²) < 4.78 is 5.54. The molecule has 2 saturated carbocycles. The van der Waals surface area contributed by atoms with Crippen molar-refractivity contribution in [2.24, 2.45) is 0 Å². The van der Waals surface area contributed by atoms with E-state index in [2.05, 4.69) is 30.4 Å². The number of benzene rings is 1. The fraction of sp³-hybridized carbons (Fsp3) is 0.647. The zero-order chi connectivity index (χ0) is 13.2. The molecule has 1 aromatic carbocycles. The Hall–Kier alpha value is -1.02. The molecule has 3 rings (SSSR count). The van der Waals surface area contributed by atoms with Crippen molar-refractivity contribution in [2.45, 2.75) is 63.5 Å². The SMILES string of the molecule is CCC(NC1CC1)c1ccc(OC)c(C2CCC2)c1. The van der Waals surface area contributed by atoms with Gasteiger partial charge in [-0.15, -0.1) is 0 Å². The van der Waals surface area contributed by atoms with Crippen LogP contribution in [0.4, 0.5) is 0 Å². The average molecular weight is 259 g/mol. The second-order valence-corrected chi connectivity index (χ2v) is 6.03. The minimum absolute atomic E-state index is 0.511. The monoisotopic (exact) mass is 259 g/mol. The van der Waals surface area contributed by atoms with Gasteiger partial charge in [0.25, 0.3) is 0 Å². The molecule has 0 heterocycles. The Bertz CT molecular complexity index is 435. The Balaban J connectivity index is 1.83. The highest BCUT2D eigenvalue weighted by Crippen LogP contribution is 2.42. The molecular weight excluding hydrogens is 234 g/mol. The van der Waals surface area contributed by atoms with Crippen LogP contribution in [-0.2, 0) is 0 Å². The molecule has 2 heteroatoms. The first-order valence-corrected chi connectivity index (χ1v) is 7.75. The van der Waals surface area contributed by atoms with Gasteiger partial charge in [0.2, 0.25) is 0 Å². The fourth-order valence-electron chi connectivity index (χ4n) is 2.99. The molecule has 2 fully saturated rings. The summed E-state index contributed by atoms with van der Waals surface area (Å²) in [4.78, 5) is 0. The number of hydrogen-bond acceptors (Lipinski definition) is 2. The fourth-order valence-corrected chi connectivity index (χ4v) is 2.99. The number of ether oxygens (including phenoxy) is 1. The molecule has 0 amide bonds. The van der Waals surface area contributed by atoms with E-state index in [0.29, 0.717) is 6.04 Å². The van der Waals surface area contributed by atoms with Gasteiger partial charge in [0.15, 0.2) is 0 Å². The van der Waals surface area contributed by atoms with Gasteiger partial charge in [-0.3, -0.25) is 0 Å². The van der Waals surface area contributed by atoms with Gasteiger partial charge in [0.05, 0.1) is 7.11 Å². The summed E-state index contributed by atoms with van der Waals surface area (Å²) >= 11 is 0. The van der Waals surface area contributed by atoms with E-state index in [1.807, 2.05) is 0 Å². The molecule has 104 valence electrons. The van der Waals surface area contributed by atoms with Crippen molar-refractivity contribution < 1.29 is 4.74 Å². The van der Waals surface area contributed by atoms with Crippen molar-refractivity contribution in [3.05, 3.63) is 29.3 Å². The summed E-state index contributed by atoms with van der Waals surface area (Å²) in [5, 5.41) is 3.76. The van der Waals surface area contributed by atoms with E-state index >= 15 is 0 Å². The van der Waals surface area contributed by atoms with E-state index in [1.165, 1.54) is 43.2 Å². The summed E-state index contributed by atoms with van der Waals surface area (Å²) in [7, 11) is 1.79. The molecule has 0 aliphatic heterocycles.